The van der Waals surface area contributed by atoms with E-state index >= 15 is 0 Å². The normalized spacial score (nSPS) is 15.1. The molecule has 0 saturated heterocycles. The maximum Gasteiger partial charge on any atom is 0.236 e. The maximum atomic E-state index is 11.2. The van der Waals surface area contributed by atoms with Crippen LogP contribution in [0.15, 0.2) is 0 Å². The zero-order chi connectivity index (χ0) is 10.3. The summed E-state index contributed by atoms with van der Waals surface area (Å²) >= 11 is 0. The zero-order valence-electron chi connectivity index (χ0n) is 8.42. The molecule has 1 unspecified atom stereocenters. The van der Waals surface area contributed by atoms with Crippen LogP contribution in [0.4, 0.5) is 0 Å². The molecule has 0 bridgehead atoms. The van der Waals surface area contributed by atoms with Gasteiger partial charge in [0.15, 0.2) is 0 Å². The van der Waals surface area contributed by atoms with Gasteiger partial charge in [0.2, 0.25) is 5.91 Å². The minimum atomic E-state index is -0.407. The van der Waals surface area contributed by atoms with E-state index in [1.165, 1.54) is 0 Å². The summed E-state index contributed by atoms with van der Waals surface area (Å²) in [5, 5.41) is 11.4. The molecule has 78 valence electrons. The van der Waals surface area contributed by atoms with Crippen molar-refractivity contribution in [1.82, 2.24) is 5.32 Å². The third-order valence-electron chi connectivity index (χ3n) is 1.87. The lowest BCUT2D eigenvalue weighted by Gasteiger charge is -2.13. The number of hydrogen-bond acceptors (Lipinski definition) is 3. The molecule has 4 heteroatoms. The zero-order valence-corrected chi connectivity index (χ0v) is 8.42. The quantitative estimate of drug-likeness (QED) is 0.543. The Labute approximate surface area is 79.5 Å². The lowest BCUT2D eigenvalue weighted by Crippen LogP contribution is -2.42. The summed E-state index contributed by atoms with van der Waals surface area (Å²) < 4.78 is 0. The second kappa shape index (κ2) is 6.86. The summed E-state index contributed by atoms with van der Waals surface area (Å²) in [6.45, 7) is 4.44. The Morgan fingerprint density at radius 3 is 2.69 bits per heavy atom. The third kappa shape index (κ3) is 5.60. The summed E-state index contributed by atoms with van der Waals surface area (Å²) in [5.41, 5.74) is 5.58. The van der Waals surface area contributed by atoms with E-state index in [0.29, 0.717) is 13.0 Å². The Kier molecular flexibility index (Phi) is 6.54. The molecule has 0 rings (SSSR count). The standard InChI is InChI=1S/C9H20N2O2/c1-3-4-8(10)9(13)11-5-7(2)6-12/h7-8,12H,3-6,10H2,1-2H3,(H,11,13)/t7?,8-/m0/s1. The SMILES string of the molecule is CCC[C@H](N)C(=O)NCC(C)CO. The van der Waals surface area contributed by atoms with Crippen LogP contribution in [0.25, 0.3) is 0 Å². The first-order chi connectivity index (χ1) is 6.11. The van der Waals surface area contributed by atoms with Gasteiger partial charge in [0.25, 0.3) is 0 Å². The average molecular weight is 188 g/mol. The minimum Gasteiger partial charge on any atom is -0.396 e. The number of carbonyl (C=O) groups excluding carboxylic acids is 1. The first kappa shape index (κ1) is 12.4. The largest absolute Gasteiger partial charge is 0.396 e. The molecule has 0 fully saturated rings. The highest BCUT2D eigenvalue weighted by atomic mass is 16.3. The fourth-order valence-corrected chi connectivity index (χ4v) is 0.913. The van der Waals surface area contributed by atoms with E-state index in [-0.39, 0.29) is 18.4 Å². The predicted molar refractivity (Wildman–Crippen MR) is 52.1 cm³/mol. The number of aliphatic hydroxyl groups is 1. The van der Waals surface area contributed by atoms with Crippen molar-refractivity contribution in [3.63, 3.8) is 0 Å². The Balaban J connectivity index is 3.61. The van der Waals surface area contributed by atoms with Gasteiger partial charge >= 0.3 is 0 Å². The molecule has 0 heterocycles. The molecule has 0 aromatic heterocycles. The van der Waals surface area contributed by atoms with Crippen molar-refractivity contribution in [3.8, 4) is 0 Å². The van der Waals surface area contributed by atoms with Crippen LogP contribution in [-0.4, -0.2) is 30.2 Å². The molecule has 4 nitrogen and oxygen atoms in total. The number of aliphatic hydroxyl groups excluding tert-OH is 1. The van der Waals surface area contributed by atoms with E-state index < -0.39 is 6.04 Å². The molecule has 0 aromatic carbocycles. The monoisotopic (exact) mass is 188 g/mol. The van der Waals surface area contributed by atoms with Crippen molar-refractivity contribution >= 4 is 5.91 Å². The molecule has 13 heavy (non-hydrogen) atoms. The van der Waals surface area contributed by atoms with Crippen molar-refractivity contribution in [2.45, 2.75) is 32.7 Å². The predicted octanol–water partition coefficient (Wildman–Crippen LogP) is -0.142. The van der Waals surface area contributed by atoms with Crippen LogP contribution < -0.4 is 11.1 Å². The van der Waals surface area contributed by atoms with Gasteiger partial charge in [-0.25, -0.2) is 0 Å². The first-order valence-electron chi connectivity index (χ1n) is 4.76. The van der Waals surface area contributed by atoms with E-state index in [0.717, 1.165) is 6.42 Å². The van der Waals surface area contributed by atoms with Gasteiger partial charge in [-0.05, 0) is 12.3 Å². The van der Waals surface area contributed by atoms with E-state index in [1.807, 2.05) is 13.8 Å². The van der Waals surface area contributed by atoms with Crippen molar-refractivity contribution in [3.05, 3.63) is 0 Å². The van der Waals surface area contributed by atoms with E-state index in [9.17, 15) is 4.79 Å². The fourth-order valence-electron chi connectivity index (χ4n) is 0.913. The number of rotatable bonds is 6. The van der Waals surface area contributed by atoms with Crippen LogP contribution in [0.1, 0.15) is 26.7 Å². The molecule has 0 aliphatic carbocycles. The van der Waals surface area contributed by atoms with Gasteiger partial charge in [-0.15, -0.1) is 0 Å². The van der Waals surface area contributed by atoms with E-state index in [1.54, 1.807) is 0 Å². The molecule has 0 radical (unpaired) electrons. The highest BCUT2D eigenvalue weighted by Crippen LogP contribution is 1.94. The summed E-state index contributed by atoms with van der Waals surface area (Å²) in [5.74, 6) is -0.0278. The van der Waals surface area contributed by atoms with Crippen LogP contribution in [0.3, 0.4) is 0 Å². The average Bonchev–Trinajstić information content (AvgIpc) is 2.13. The lowest BCUT2D eigenvalue weighted by molar-refractivity contribution is -0.122. The molecule has 2 atom stereocenters. The smallest absolute Gasteiger partial charge is 0.236 e. The van der Waals surface area contributed by atoms with Crippen molar-refractivity contribution in [2.75, 3.05) is 13.2 Å². The highest BCUT2D eigenvalue weighted by Gasteiger charge is 2.12. The van der Waals surface area contributed by atoms with E-state index in [4.69, 9.17) is 10.8 Å². The molecular weight excluding hydrogens is 168 g/mol. The molecule has 1 amide bonds. The summed E-state index contributed by atoms with van der Waals surface area (Å²) in [6, 6.07) is -0.407. The van der Waals surface area contributed by atoms with Gasteiger partial charge in [-0.2, -0.15) is 0 Å². The number of amides is 1. The highest BCUT2D eigenvalue weighted by molar-refractivity contribution is 5.81. The summed E-state index contributed by atoms with van der Waals surface area (Å²) in [7, 11) is 0. The van der Waals surface area contributed by atoms with Crippen LogP contribution >= 0.6 is 0 Å². The molecule has 0 aromatic rings. The van der Waals surface area contributed by atoms with Crippen LogP contribution in [-0.2, 0) is 4.79 Å². The van der Waals surface area contributed by atoms with Crippen molar-refractivity contribution in [1.29, 1.82) is 0 Å². The lowest BCUT2D eigenvalue weighted by atomic mass is 10.1. The van der Waals surface area contributed by atoms with Gasteiger partial charge in [-0.3, -0.25) is 4.79 Å². The summed E-state index contributed by atoms with van der Waals surface area (Å²) in [4.78, 5) is 11.2. The Morgan fingerprint density at radius 1 is 1.62 bits per heavy atom. The number of nitrogens with one attached hydrogen (secondary N) is 1. The molecule has 0 aliphatic heterocycles. The summed E-state index contributed by atoms with van der Waals surface area (Å²) in [6.07, 6.45) is 1.61. The Morgan fingerprint density at radius 2 is 2.23 bits per heavy atom. The molecule has 0 spiro atoms. The first-order valence-corrected chi connectivity index (χ1v) is 4.76. The maximum absolute atomic E-state index is 11.2. The van der Waals surface area contributed by atoms with Crippen LogP contribution in [0.2, 0.25) is 0 Å². The molecule has 0 saturated carbocycles. The number of nitrogens with two attached hydrogens (primary N) is 1. The van der Waals surface area contributed by atoms with Gasteiger partial charge in [0, 0.05) is 13.2 Å². The second-order valence-electron chi connectivity index (χ2n) is 3.43. The van der Waals surface area contributed by atoms with Crippen LogP contribution in [0.5, 0.6) is 0 Å². The van der Waals surface area contributed by atoms with Crippen LogP contribution in [0, 0.1) is 5.92 Å². The van der Waals surface area contributed by atoms with Crippen molar-refractivity contribution < 1.29 is 9.90 Å². The number of hydrogen-bond donors (Lipinski definition) is 3. The Bertz CT molecular complexity index is 151. The third-order valence-corrected chi connectivity index (χ3v) is 1.87. The van der Waals surface area contributed by atoms with Gasteiger partial charge in [0.1, 0.15) is 0 Å². The van der Waals surface area contributed by atoms with E-state index in [2.05, 4.69) is 5.32 Å². The molecule has 0 aliphatic rings. The topological polar surface area (TPSA) is 75.4 Å². The minimum absolute atomic E-state index is 0.0866. The van der Waals surface area contributed by atoms with Crippen molar-refractivity contribution in [2.24, 2.45) is 11.7 Å². The van der Waals surface area contributed by atoms with Gasteiger partial charge in [-0.1, -0.05) is 20.3 Å². The molecule has 4 N–H and O–H groups in total. The van der Waals surface area contributed by atoms with Gasteiger partial charge < -0.3 is 16.2 Å². The Hall–Kier alpha value is -0.610. The number of carbonyl (C=O) groups is 1. The molecular formula is C9H20N2O2. The second-order valence-corrected chi connectivity index (χ2v) is 3.43. The fraction of sp³-hybridized carbons (Fsp3) is 0.889. The van der Waals surface area contributed by atoms with Gasteiger partial charge in [0.05, 0.1) is 6.04 Å².